The van der Waals surface area contributed by atoms with Crippen molar-refractivity contribution in [2.75, 3.05) is 26.7 Å². The Labute approximate surface area is 233 Å². The Morgan fingerprint density at radius 1 is 1.18 bits per heavy atom. The number of nitrogens with one attached hydrogen (secondary N) is 1. The van der Waals surface area contributed by atoms with Crippen molar-refractivity contribution in [2.45, 2.75) is 39.3 Å². The number of aromatic hydroxyl groups is 1. The Morgan fingerprint density at radius 2 is 1.93 bits per heavy atom. The van der Waals surface area contributed by atoms with Gasteiger partial charge < -0.3 is 19.9 Å². The van der Waals surface area contributed by atoms with Crippen molar-refractivity contribution in [2.24, 2.45) is 5.92 Å². The quantitative estimate of drug-likeness (QED) is 0.368. The van der Waals surface area contributed by atoms with Gasteiger partial charge in [0.05, 0.1) is 11.1 Å². The molecule has 1 saturated heterocycles. The summed E-state index contributed by atoms with van der Waals surface area (Å²) < 4.78 is 42.5. The number of nitrogens with zero attached hydrogens (tertiary/aromatic N) is 1. The fourth-order valence-corrected chi connectivity index (χ4v) is 5.55. The van der Waals surface area contributed by atoms with Gasteiger partial charge in [-0.3, -0.25) is 9.69 Å². The lowest BCUT2D eigenvalue weighted by molar-refractivity contribution is 0.0959. The molecule has 2 N–H and O–H groups in total. The van der Waals surface area contributed by atoms with Crippen LogP contribution in [0.3, 0.4) is 0 Å². The predicted octanol–water partition coefficient (Wildman–Crippen LogP) is 6.20. The number of carbonyl (C=O) groups is 1. The van der Waals surface area contributed by atoms with Crippen LogP contribution in [0, 0.1) is 17.6 Å². The van der Waals surface area contributed by atoms with Crippen molar-refractivity contribution >= 4 is 17.1 Å². The lowest BCUT2D eigenvalue weighted by Crippen LogP contribution is -2.35. The number of likely N-dealkylation sites (tertiary alicyclic amines) is 1. The zero-order chi connectivity index (χ0) is 28.6. The van der Waals surface area contributed by atoms with E-state index in [2.05, 4.69) is 24.1 Å². The van der Waals surface area contributed by atoms with Crippen molar-refractivity contribution in [1.29, 1.82) is 0 Å². The minimum atomic E-state index is -0.807. The highest BCUT2D eigenvalue weighted by atomic mass is 19.1. The average molecular weight is 549 g/mol. The molecule has 210 valence electrons. The zero-order valence-corrected chi connectivity index (χ0v) is 23.1. The first-order valence-electron chi connectivity index (χ1n) is 13.6. The lowest BCUT2D eigenvalue weighted by atomic mass is 9.85. The molecule has 0 radical (unpaired) electrons. The van der Waals surface area contributed by atoms with E-state index in [1.54, 1.807) is 13.0 Å². The third-order valence-electron chi connectivity index (χ3n) is 7.87. The van der Waals surface area contributed by atoms with Gasteiger partial charge in [-0.25, -0.2) is 8.78 Å². The topological polar surface area (TPSA) is 71.0 Å². The Hall–Kier alpha value is -3.91. The maximum atomic E-state index is 15.1. The highest BCUT2D eigenvalue weighted by molar-refractivity contribution is 5.98. The van der Waals surface area contributed by atoms with E-state index in [0.29, 0.717) is 35.3 Å². The molecule has 1 amide bonds. The third-order valence-corrected chi connectivity index (χ3v) is 7.87. The van der Waals surface area contributed by atoms with Crippen LogP contribution in [0.5, 0.6) is 17.2 Å². The number of phenols is 1. The maximum Gasteiger partial charge on any atom is 0.253 e. The van der Waals surface area contributed by atoms with Crippen LogP contribution in [-0.4, -0.2) is 48.7 Å². The first kappa shape index (κ1) is 27.6. The number of amides is 1. The Bertz CT molecular complexity index is 1450. The van der Waals surface area contributed by atoms with E-state index >= 15 is 8.78 Å². The van der Waals surface area contributed by atoms with Gasteiger partial charge in [0.25, 0.3) is 5.91 Å². The van der Waals surface area contributed by atoms with Crippen LogP contribution < -0.4 is 14.8 Å². The average Bonchev–Trinajstić information content (AvgIpc) is 3.39. The molecule has 1 unspecified atom stereocenters. The molecular formula is C32H34F2N2O4. The summed E-state index contributed by atoms with van der Waals surface area (Å²) in [5.41, 5.74) is 2.26. The standard InChI is InChI=1S/C32H34F2N2O4/c1-18-13-14-36(16-18)19(2)17-39-23-8-5-21(6-9-23)31-28(22-7-10-24(25(33)15-22)32(38)35-4)20(3)29-27(40-31)12-11-26(37)30(29)34/h5-12,15,18-19,31,37H,13-14,16-17H2,1-4H3,(H,35,38)/t18-,19+,31?/m1/s1. The molecule has 0 aromatic heterocycles. The van der Waals surface area contributed by atoms with Gasteiger partial charge >= 0.3 is 0 Å². The summed E-state index contributed by atoms with van der Waals surface area (Å²) in [6.45, 7) is 8.90. The SMILES string of the molecule is CNC(=O)c1ccc(C2=C(C)c3c(ccc(O)c3F)OC2c2ccc(OC[C@H](C)N3CC[C@@H](C)C3)cc2)cc1F. The summed E-state index contributed by atoms with van der Waals surface area (Å²) in [7, 11) is 1.43. The lowest BCUT2D eigenvalue weighted by Gasteiger charge is -2.31. The van der Waals surface area contributed by atoms with Gasteiger partial charge in [0, 0.05) is 25.2 Å². The third kappa shape index (κ3) is 5.28. The van der Waals surface area contributed by atoms with Gasteiger partial charge in [-0.05, 0) is 85.8 Å². The van der Waals surface area contributed by atoms with Crippen LogP contribution in [0.1, 0.15) is 60.3 Å². The van der Waals surface area contributed by atoms with Crippen molar-refractivity contribution in [3.63, 3.8) is 0 Å². The van der Waals surface area contributed by atoms with Crippen LogP contribution >= 0.6 is 0 Å². The molecule has 2 aliphatic rings. The number of ether oxygens (including phenoxy) is 2. The number of benzene rings is 3. The summed E-state index contributed by atoms with van der Waals surface area (Å²) in [5.74, 6) is -0.853. The molecule has 0 saturated carbocycles. The second-order valence-electron chi connectivity index (χ2n) is 10.7. The number of rotatable bonds is 7. The van der Waals surface area contributed by atoms with E-state index in [4.69, 9.17) is 9.47 Å². The van der Waals surface area contributed by atoms with Gasteiger partial charge in [-0.2, -0.15) is 0 Å². The zero-order valence-electron chi connectivity index (χ0n) is 23.1. The second kappa shape index (κ2) is 11.3. The highest BCUT2D eigenvalue weighted by Crippen LogP contribution is 2.48. The van der Waals surface area contributed by atoms with Gasteiger partial charge in [-0.15, -0.1) is 0 Å². The molecule has 3 aromatic rings. The normalized spacial score (nSPS) is 19.6. The van der Waals surface area contributed by atoms with Crippen LogP contribution in [-0.2, 0) is 0 Å². The Morgan fingerprint density at radius 3 is 2.58 bits per heavy atom. The number of halogens is 2. The molecule has 6 nitrogen and oxygen atoms in total. The van der Waals surface area contributed by atoms with E-state index in [9.17, 15) is 9.90 Å². The number of fused-ring (bicyclic) bond motifs is 1. The molecule has 40 heavy (non-hydrogen) atoms. The minimum Gasteiger partial charge on any atom is -0.505 e. The van der Waals surface area contributed by atoms with Gasteiger partial charge in [-0.1, -0.05) is 25.1 Å². The van der Waals surface area contributed by atoms with E-state index < -0.39 is 29.4 Å². The van der Waals surface area contributed by atoms with Gasteiger partial charge in [0.15, 0.2) is 11.6 Å². The van der Waals surface area contributed by atoms with Crippen LogP contribution in [0.4, 0.5) is 8.78 Å². The van der Waals surface area contributed by atoms with Crippen LogP contribution in [0.25, 0.3) is 11.1 Å². The maximum absolute atomic E-state index is 15.1. The van der Waals surface area contributed by atoms with Gasteiger partial charge in [0.2, 0.25) is 0 Å². The van der Waals surface area contributed by atoms with Gasteiger partial charge in [0.1, 0.15) is 30.0 Å². The van der Waals surface area contributed by atoms with Crippen LogP contribution in [0.2, 0.25) is 0 Å². The number of phenolic OH excluding ortho intramolecular Hbond substituents is 1. The molecule has 0 aliphatic carbocycles. The number of hydrogen-bond acceptors (Lipinski definition) is 5. The second-order valence-corrected chi connectivity index (χ2v) is 10.7. The summed E-state index contributed by atoms with van der Waals surface area (Å²) in [4.78, 5) is 14.5. The van der Waals surface area contributed by atoms with E-state index in [1.807, 2.05) is 24.3 Å². The van der Waals surface area contributed by atoms with Crippen molar-refractivity contribution < 1.29 is 28.2 Å². The fraction of sp³-hybridized carbons (Fsp3) is 0.344. The summed E-state index contributed by atoms with van der Waals surface area (Å²) in [6, 6.07) is 14.8. The molecule has 0 bridgehead atoms. The monoisotopic (exact) mass is 548 g/mol. The summed E-state index contributed by atoms with van der Waals surface area (Å²) >= 11 is 0. The van der Waals surface area contributed by atoms with E-state index in [0.717, 1.165) is 24.4 Å². The van der Waals surface area contributed by atoms with Crippen molar-refractivity contribution in [3.05, 3.63) is 88.5 Å². The Kier molecular flexibility index (Phi) is 7.81. The van der Waals surface area contributed by atoms with E-state index in [-0.39, 0.29) is 16.9 Å². The molecule has 8 heteroatoms. The molecule has 0 spiro atoms. The molecule has 5 rings (SSSR count). The smallest absolute Gasteiger partial charge is 0.253 e. The first-order valence-corrected chi connectivity index (χ1v) is 13.6. The molecule has 2 heterocycles. The number of carbonyl (C=O) groups excluding carboxylic acids is 1. The molecule has 1 fully saturated rings. The first-order chi connectivity index (χ1) is 19.2. The number of hydrogen-bond donors (Lipinski definition) is 2. The van der Waals surface area contributed by atoms with Crippen molar-refractivity contribution in [3.8, 4) is 17.2 Å². The number of allylic oxidation sites excluding steroid dienone is 1. The molecule has 2 aliphatic heterocycles. The highest BCUT2D eigenvalue weighted by Gasteiger charge is 2.32. The summed E-state index contributed by atoms with van der Waals surface area (Å²) in [6.07, 6.45) is 0.515. The van der Waals surface area contributed by atoms with Crippen molar-refractivity contribution in [1.82, 2.24) is 10.2 Å². The minimum absolute atomic E-state index is 0.0962. The largest absolute Gasteiger partial charge is 0.505 e. The molecular weight excluding hydrogens is 514 g/mol. The molecule has 3 atom stereocenters. The predicted molar refractivity (Wildman–Crippen MR) is 150 cm³/mol. The Balaban J connectivity index is 1.47. The van der Waals surface area contributed by atoms with E-state index in [1.165, 1.54) is 37.7 Å². The fourth-order valence-electron chi connectivity index (χ4n) is 5.55. The van der Waals surface area contributed by atoms with Crippen LogP contribution in [0.15, 0.2) is 54.6 Å². The molecule has 3 aromatic carbocycles. The summed E-state index contributed by atoms with van der Waals surface area (Å²) in [5, 5.41) is 12.5.